The number of urea groups is 1. The summed E-state index contributed by atoms with van der Waals surface area (Å²) in [7, 11) is 0. The Hall–Kier alpha value is -1.21. The van der Waals surface area contributed by atoms with Crippen molar-refractivity contribution in [2.75, 3.05) is 11.9 Å². The first-order valence-electron chi connectivity index (χ1n) is 6.61. The van der Waals surface area contributed by atoms with E-state index in [0.29, 0.717) is 18.0 Å². The van der Waals surface area contributed by atoms with Crippen molar-refractivity contribution in [2.45, 2.75) is 52.0 Å². The first-order valence-corrected chi connectivity index (χ1v) is 7.43. The second-order valence-corrected chi connectivity index (χ2v) is 5.54. The Kier molecular flexibility index (Phi) is 6.17. The quantitative estimate of drug-likeness (QED) is 0.717. The van der Waals surface area contributed by atoms with E-state index < -0.39 is 5.54 Å². The molecule has 1 aromatic rings. The standard InChI is InChI=1S/C12H22N4O2S/c1-4-7-9-15-16-11(19-9)13-10(18)14-12(5-2,6-3)8-17/h17H,4-8H2,1-3H3,(H2,13,14,16,18). The predicted molar refractivity (Wildman–Crippen MR) is 76.5 cm³/mol. The van der Waals surface area contributed by atoms with E-state index in [1.807, 2.05) is 13.8 Å². The number of aliphatic hydroxyl groups is 1. The molecule has 0 fully saturated rings. The summed E-state index contributed by atoms with van der Waals surface area (Å²) >= 11 is 1.38. The van der Waals surface area contributed by atoms with Crippen LogP contribution >= 0.6 is 11.3 Å². The van der Waals surface area contributed by atoms with E-state index in [9.17, 15) is 9.90 Å². The SMILES string of the molecule is CCCc1nnc(NC(=O)NC(CC)(CC)CO)s1. The molecule has 0 aliphatic heterocycles. The zero-order valence-corrected chi connectivity index (χ0v) is 12.5. The summed E-state index contributed by atoms with van der Waals surface area (Å²) in [4.78, 5) is 11.9. The zero-order chi connectivity index (χ0) is 14.3. The molecule has 108 valence electrons. The maximum Gasteiger partial charge on any atom is 0.321 e. The van der Waals surface area contributed by atoms with Crippen LogP contribution in [0.3, 0.4) is 0 Å². The van der Waals surface area contributed by atoms with E-state index in [4.69, 9.17) is 0 Å². The number of nitrogens with one attached hydrogen (secondary N) is 2. The highest BCUT2D eigenvalue weighted by Gasteiger charge is 2.27. The molecule has 0 unspecified atom stereocenters. The average molecular weight is 286 g/mol. The van der Waals surface area contributed by atoms with E-state index in [1.54, 1.807) is 0 Å². The number of rotatable bonds is 7. The largest absolute Gasteiger partial charge is 0.394 e. The van der Waals surface area contributed by atoms with Gasteiger partial charge in [0.2, 0.25) is 5.13 Å². The van der Waals surface area contributed by atoms with E-state index in [0.717, 1.165) is 17.8 Å². The number of carbonyl (C=O) groups is 1. The molecule has 0 aliphatic carbocycles. The van der Waals surface area contributed by atoms with Crippen LogP contribution in [0.4, 0.5) is 9.93 Å². The fourth-order valence-electron chi connectivity index (χ4n) is 1.68. The van der Waals surface area contributed by atoms with Gasteiger partial charge in [0.25, 0.3) is 0 Å². The molecule has 1 rings (SSSR count). The summed E-state index contributed by atoms with van der Waals surface area (Å²) in [6, 6.07) is -0.350. The summed E-state index contributed by atoms with van der Waals surface area (Å²) < 4.78 is 0. The molecule has 0 aliphatic rings. The molecular weight excluding hydrogens is 264 g/mol. The minimum absolute atomic E-state index is 0.0787. The van der Waals surface area contributed by atoms with Crippen molar-refractivity contribution in [3.63, 3.8) is 0 Å². The summed E-state index contributed by atoms with van der Waals surface area (Å²) in [6.07, 6.45) is 3.21. The maximum atomic E-state index is 11.9. The molecule has 1 aromatic heterocycles. The van der Waals surface area contributed by atoms with E-state index in [-0.39, 0.29) is 12.6 Å². The van der Waals surface area contributed by atoms with Crippen LogP contribution in [-0.2, 0) is 6.42 Å². The number of aromatic nitrogens is 2. The highest BCUT2D eigenvalue weighted by molar-refractivity contribution is 7.15. The van der Waals surface area contributed by atoms with Gasteiger partial charge in [-0.2, -0.15) is 0 Å². The zero-order valence-electron chi connectivity index (χ0n) is 11.7. The monoisotopic (exact) mass is 286 g/mol. The highest BCUT2D eigenvalue weighted by Crippen LogP contribution is 2.18. The van der Waals surface area contributed by atoms with Crippen LogP contribution in [0.5, 0.6) is 0 Å². The summed E-state index contributed by atoms with van der Waals surface area (Å²) in [6.45, 7) is 5.86. The lowest BCUT2D eigenvalue weighted by Crippen LogP contribution is -2.52. The number of aryl methyl sites for hydroxylation is 1. The molecule has 19 heavy (non-hydrogen) atoms. The van der Waals surface area contributed by atoms with Crippen molar-refractivity contribution in [1.82, 2.24) is 15.5 Å². The van der Waals surface area contributed by atoms with Gasteiger partial charge in [-0.3, -0.25) is 5.32 Å². The molecule has 0 bridgehead atoms. The van der Waals surface area contributed by atoms with Crippen LogP contribution in [0.25, 0.3) is 0 Å². The van der Waals surface area contributed by atoms with Crippen LogP contribution in [0.1, 0.15) is 45.0 Å². The number of hydrogen-bond donors (Lipinski definition) is 3. The fraction of sp³-hybridized carbons (Fsp3) is 0.750. The summed E-state index contributed by atoms with van der Waals surface area (Å²) in [5.74, 6) is 0. The smallest absolute Gasteiger partial charge is 0.321 e. The van der Waals surface area contributed by atoms with Crippen LogP contribution in [0.15, 0.2) is 0 Å². The predicted octanol–water partition coefficient (Wildman–Crippen LogP) is 2.16. The average Bonchev–Trinajstić information content (AvgIpc) is 2.84. The molecule has 6 nitrogen and oxygen atoms in total. The van der Waals surface area contributed by atoms with Crippen molar-refractivity contribution in [1.29, 1.82) is 0 Å². The number of anilines is 1. The van der Waals surface area contributed by atoms with Gasteiger partial charge in [-0.1, -0.05) is 32.1 Å². The first kappa shape index (κ1) is 15.8. The molecule has 0 radical (unpaired) electrons. The Morgan fingerprint density at radius 2 is 2.00 bits per heavy atom. The van der Waals surface area contributed by atoms with Gasteiger partial charge in [-0.15, -0.1) is 10.2 Å². The third-order valence-corrected chi connectivity index (χ3v) is 4.08. The van der Waals surface area contributed by atoms with Crippen molar-refractivity contribution >= 4 is 22.5 Å². The topological polar surface area (TPSA) is 87.1 Å². The van der Waals surface area contributed by atoms with Gasteiger partial charge in [0.15, 0.2) is 0 Å². The van der Waals surface area contributed by atoms with Crippen molar-refractivity contribution in [2.24, 2.45) is 0 Å². The fourth-order valence-corrected chi connectivity index (χ4v) is 2.51. The molecule has 1 heterocycles. The number of amides is 2. The normalized spacial score (nSPS) is 11.4. The van der Waals surface area contributed by atoms with Crippen molar-refractivity contribution in [3.8, 4) is 0 Å². The molecule has 0 saturated heterocycles. The van der Waals surface area contributed by atoms with Gasteiger partial charge in [0, 0.05) is 6.42 Å². The van der Waals surface area contributed by atoms with Crippen LogP contribution < -0.4 is 10.6 Å². The van der Waals surface area contributed by atoms with Crippen LogP contribution in [0, 0.1) is 0 Å². The molecule has 0 saturated carbocycles. The van der Waals surface area contributed by atoms with E-state index >= 15 is 0 Å². The second-order valence-electron chi connectivity index (χ2n) is 4.48. The summed E-state index contributed by atoms with van der Waals surface area (Å²) in [5.41, 5.74) is -0.568. The summed E-state index contributed by atoms with van der Waals surface area (Å²) in [5, 5.41) is 24.2. The number of carbonyl (C=O) groups excluding carboxylic acids is 1. The van der Waals surface area contributed by atoms with Gasteiger partial charge in [0.1, 0.15) is 5.01 Å². The second kappa shape index (κ2) is 7.40. The molecule has 3 N–H and O–H groups in total. The van der Waals surface area contributed by atoms with Crippen molar-refractivity contribution in [3.05, 3.63) is 5.01 Å². The lowest BCUT2D eigenvalue weighted by atomic mass is 9.94. The highest BCUT2D eigenvalue weighted by atomic mass is 32.1. The number of aliphatic hydroxyl groups excluding tert-OH is 1. The Bertz CT molecular complexity index is 396. The Morgan fingerprint density at radius 3 is 2.53 bits per heavy atom. The molecule has 0 atom stereocenters. The number of hydrogen-bond acceptors (Lipinski definition) is 5. The molecule has 2 amide bonds. The Morgan fingerprint density at radius 1 is 1.32 bits per heavy atom. The molecule has 0 spiro atoms. The Balaban J connectivity index is 2.58. The van der Waals surface area contributed by atoms with Crippen LogP contribution in [0.2, 0.25) is 0 Å². The van der Waals surface area contributed by atoms with Gasteiger partial charge >= 0.3 is 6.03 Å². The van der Waals surface area contributed by atoms with E-state index in [2.05, 4.69) is 27.8 Å². The molecule has 0 aromatic carbocycles. The minimum Gasteiger partial charge on any atom is -0.394 e. The minimum atomic E-state index is -0.568. The van der Waals surface area contributed by atoms with Crippen molar-refractivity contribution < 1.29 is 9.90 Å². The lowest BCUT2D eigenvalue weighted by Gasteiger charge is -2.30. The van der Waals surface area contributed by atoms with Gasteiger partial charge in [0.05, 0.1) is 12.1 Å². The van der Waals surface area contributed by atoms with Gasteiger partial charge in [-0.05, 0) is 19.3 Å². The third-order valence-electron chi connectivity index (χ3n) is 3.19. The van der Waals surface area contributed by atoms with Gasteiger partial charge in [-0.25, -0.2) is 4.79 Å². The molecule has 7 heteroatoms. The molecular formula is C12H22N4O2S. The lowest BCUT2D eigenvalue weighted by molar-refractivity contribution is 0.155. The Labute approximate surface area is 117 Å². The number of nitrogens with zero attached hydrogens (tertiary/aromatic N) is 2. The third kappa shape index (κ3) is 4.43. The van der Waals surface area contributed by atoms with E-state index in [1.165, 1.54) is 11.3 Å². The van der Waals surface area contributed by atoms with Crippen LogP contribution in [-0.4, -0.2) is 33.5 Å². The maximum absolute atomic E-state index is 11.9. The first-order chi connectivity index (χ1) is 9.09. The van der Waals surface area contributed by atoms with Gasteiger partial charge < -0.3 is 10.4 Å².